The monoisotopic (exact) mass is 272 g/mol. The van der Waals surface area contributed by atoms with Gasteiger partial charge in [-0.3, -0.25) is 4.79 Å². The summed E-state index contributed by atoms with van der Waals surface area (Å²) in [6.07, 6.45) is 3.35. The van der Waals surface area contributed by atoms with Crippen molar-refractivity contribution in [3.8, 4) is 0 Å². The molecule has 1 heterocycles. The summed E-state index contributed by atoms with van der Waals surface area (Å²) in [6, 6.07) is 8.64. The predicted molar refractivity (Wildman–Crippen MR) is 80.7 cm³/mol. The molecule has 0 bridgehead atoms. The molecule has 1 amide bonds. The number of piperidine rings is 1. The van der Waals surface area contributed by atoms with E-state index in [0.29, 0.717) is 6.04 Å². The van der Waals surface area contributed by atoms with Gasteiger partial charge in [-0.25, -0.2) is 0 Å². The zero-order valence-electron chi connectivity index (χ0n) is 12.4. The van der Waals surface area contributed by atoms with Gasteiger partial charge in [-0.2, -0.15) is 0 Å². The van der Waals surface area contributed by atoms with Crippen molar-refractivity contribution in [2.75, 3.05) is 13.1 Å². The molecule has 2 N–H and O–H groups in total. The molecule has 3 nitrogen and oxygen atoms in total. The highest BCUT2D eigenvalue weighted by Gasteiger charge is 2.35. The Morgan fingerprint density at radius 3 is 2.95 bits per heavy atom. The maximum atomic E-state index is 12.3. The summed E-state index contributed by atoms with van der Waals surface area (Å²) < 4.78 is 0. The SMILES string of the molecule is CC1(C)CCCNC1CNC(=O)C1Cc2ccccc21. The molecule has 1 aliphatic heterocycles. The van der Waals surface area contributed by atoms with Crippen LogP contribution in [0.25, 0.3) is 0 Å². The molecule has 0 aromatic heterocycles. The third-order valence-corrected chi connectivity index (χ3v) is 4.98. The first-order chi connectivity index (χ1) is 9.58. The van der Waals surface area contributed by atoms with E-state index in [4.69, 9.17) is 0 Å². The number of carbonyl (C=O) groups excluding carboxylic acids is 1. The van der Waals surface area contributed by atoms with Crippen LogP contribution in [-0.2, 0) is 11.2 Å². The van der Waals surface area contributed by atoms with Gasteiger partial charge in [0.05, 0.1) is 5.92 Å². The van der Waals surface area contributed by atoms with Crippen LogP contribution in [0.2, 0.25) is 0 Å². The lowest BCUT2D eigenvalue weighted by Gasteiger charge is -2.40. The van der Waals surface area contributed by atoms with E-state index in [2.05, 4.69) is 36.6 Å². The topological polar surface area (TPSA) is 41.1 Å². The Morgan fingerprint density at radius 1 is 1.40 bits per heavy atom. The zero-order chi connectivity index (χ0) is 14.2. The predicted octanol–water partition coefficient (Wildman–Crippen LogP) is 2.22. The fraction of sp³-hybridized carbons (Fsp3) is 0.588. The Balaban J connectivity index is 1.56. The Hall–Kier alpha value is -1.35. The zero-order valence-corrected chi connectivity index (χ0v) is 12.4. The minimum atomic E-state index is 0.0675. The molecule has 1 aromatic carbocycles. The van der Waals surface area contributed by atoms with Crippen LogP contribution in [-0.4, -0.2) is 25.0 Å². The number of hydrogen-bond donors (Lipinski definition) is 2. The van der Waals surface area contributed by atoms with Crippen LogP contribution in [0, 0.1) is 5.41 Å². The van der Waals surface area contributed by atoms with Crippen LogP contribution in [0.4, 0.5) is 0 Å². The quantitative estimate of drug-likeness (QED) is 0.886. The third-order valence-electron chi connectivity index (χ3n) is 4.98. The van der Waals surface area contributed by atoms with Gasteiger partial charge in [-0.05, 0) is 42.3 Å². The van der Waals surface area contributed by atoms with Gasteiger partial charge < -0.3 is 10.6 Å². The lowest BCUT2D eigenvalue weighted by molar-refractivity contribution is -0.123. The highest BCUT2D eigenvalue weighted by Crippen LogP contribution is 2.35. The molecule has 0 spiro atoms. The van der Waals surface area contributed by atoms with E-state index in [1.807, 2.05) is 12.1 Å². The second-order valence-corrected chi connectivity index (χ2v) is 6.80. The summed E-state index contributed by atoms with van der Waals surface area (Å²) in [7, 11) is 0. The normalized spacial score (nSPS) is 27.3. The lowest BCUT2D eigenvalue weighted by atomic mass is 9.76. The lowest BCUT2D eigenvalue weighted by Crippen LogP contribution is -2.53. The molecule has 1 aromatic rings. The van der Waals surface area contributed by atoms with E-state index in [1.165, 1.54) is 24.0 Å². The number of rotatable bonds is 3. The first kappa shape index (κ1) is 13.6. The molecule has 1 aliphatic carbocycles. The van der Waals surface area contributed by atoms with Crippen LogP contribution >= 0.6 is 0 Å². The number of amides is 1. The summed E-state index contributed by atoms with van der Waals surface area (Å²) in [6.45, 7) is 6.38. The van der Waals surface area contributed by atoms with Crippen molar-refractivity contribution in [1.29, 1.82) is 0 Å². The van der Waals surface area contributed by atoms with Crippen molar-refractivity contribution in [1.82, 2.24) is 10.6 Å². The van der Waals surface area contributed by atoms with E-state index in [9.17, 15) is 4.79 Å². The molecule has 20 heavy (non-hydrogen) atoms. The average Bonchev–Trinajstić information content (AvgIpc) is 2.38. The second kappa shape index (κ2) is 5.21. The van der Waals surface area contributed by atoms with E-state index < -0.39 is 0 Å². The van der Waals surface area contributed by atoms with Gasteiger partial charge >= 0.3 is 0 Å². The molecule has 0 saturated carbocycles. The van der Waals surface area contributed by atoms with Gasteiger partial charge in [0.15, 0.2) is 0 Å². The van der Waals surface area contributed by atoms with Gasteiger partial charge in [0.1, 0.15) is 0 Å². The van der Waals surface area contributed by atoms with Gasteiger partial charge in [0.25, 0.3) is 0 Å². The van der Waals surface area contributed by atoms with Crippen LogP contribution < -0.4 is 10.6 Å². The Bertz CT molecular complexity index is 509. The molecule has 2 unspecified atom stereocenters. The van der Waals surface area contributed by atoms with Crippen LogP contribution in [0.1, 0.15) is 43.7 Å². The number of benzene rings is 1. The summed E-state index contributed by atoms with van der Waals surface area (Å²) in [5.41, 5.74) is 2.80. The van der Waals surface area contributed by atoms with Crippen molar-refractivity contribution in [2.24, 2.45) is 5.41 Å². The summed E-state index contributed by atoms with van der Waals surface area (Å²) in [5, 5.41) is 6.69. The van der Waals surface area contributed by atoms with Gasteiger partial charge in [0, 0.05) is 12.6 Å². The fourth-order valence-electron chi connectivity index (χ4n) is 3.44. The highest BCUT2D eigenvalue weighted by atomic mass is 16.1. The third kappa shape index (κ3) is 2.47. The van der Waals surface area contributed by atoms with Crippen LogP contribution in [0.3, 0.4) is 0 Å². The first-order valence-corrected chi connectivity index (χ1v) is 7.67. The van der Waals surface area contributed by atoms with E-state index in [0.717, 1.165) is 19.5 Å². The standard InChI is InChI=1S/C17H24N2O/c1-17(2)8-5-9-18-15(17)11-19-16(20)14-10-12-6-3-4-7-13(12)14/h3-4,6-7,14-15,18H,5,8-11H2,1-2H3,(H,19,20). The number of hydrogen-bond acceptors (Lipinski definition) is 2. The van der Waals surface area contributed by atoms with Crippen molar-refractivity contribution in [3.05, 3.63) is 35.4 Å². The van der Waals surface area contributed by atoms with E-state index in [1.54, 1.807) is 0 Å². The number of fused-ring (bicyclic) bond motifs is 1. The first-order valence-electron chi connectivity index (χ1n) is 7.67. The van der Waals surface area contributed by atoms with E-state index in [-0.39, 0.29) is 17.2 Å². The largest absolute Gasteiger partial charge is 0.354 e. The highest BCUT2D eigenvalue weighted by molar-refractivity contribution is 5.86. The van der Waals surface area contributed by atoms with Gasteiger partial charge in [-0.1, -0.05) is 38.1 Å². The molecule has 2 atom stereocenters. The molecular weight excluding hydrogens is 248 g/mol. The number of nitrogens with one attached hydrogen (secondary N) is 2. The van der Waals surface area contributed by atoms with Crippen LogP contribution in [0.15, 0.2) is 24.3 Å². The van der Waals surface area contributed by atoms with Crippen molar-refractivity contribution in [2.45, 2.75) is 45.1 Å². The van der Waals surface area contributed by atoms with Crippen LogP contribution in [0.5, 0.6) is 0 Å². The second-order valence-electron chi connectivity index (χ2n) is 6.80. The maximum Gasteiger partial charge on any atom is 0.227 e. The summed E-state index contributed by atoms with van der Waals surface area (Å²) >= 11 is 0. The molecule has 2 aliphatic rings. The Kier molecular flexibility index (Phi) is 3.55. The molecule has 1 saturated heterocycles. The molecular formula is C17H24N2O. The van der Waals surface area contributed by atoms with Gasteiger partial charge in [-0.15, -0.1) is 0 Å². The molecule has 3 rings (SSSR count). The molecule has 0 radical (unpaired) electrons. The summed E-state index contributed by atoms with van der Waals surface area (Å²) in [4.78, 5) is 12.3. The van der Waals surface area contributed by atoms with E-state index >= 15 is 0 Å². The minimum absolute atomic E-state index is 0.0675. The van der Waals surface area contributed by atoms with Gasteiger partial charge in [0.2, 0.25) is 5.91 Å². The summed E-state index contributed by atoms with van der Waals surface area (Å²) in [5.74, 6) is 0.254. The molecule has 108 valence electrons. The van der Waals surface area contributed by atoms with Crippen molar-refractivity contribution >= 4 is 5.91 Å². The maximum absolute atomic E-state index is 12.3. The molecule has 3 heteroatoms. The average molecular weight is 272 g/mol. The smallest absolute Gasteiger partial charge is 0.227 e. The minimum Gasteiger partial charge on any atom is -0.354 e. The van der Waals surface area contributed by atoms with Crippen molar-refractivity contribution in [3.63, 3.8) is 0 Å². The Labute approximate surface area is 121 Å². The van der Waals surface area contributed by atoms with Crippen molar-refractivity contribution < 1.29 is 4.79 Å². The Morgan fingerprint density at radius 2 is 2.20 bits per heavy atom. The fourth-order valence-corrected chi connectivity index (χ4v) is 3.44. The number of carbonyl (C=O) groups is 1. The molecule has 1 fully saturated rings.